The summed E-state index contributed by atoms with van der Waals surface area (Å²) >= 11 is 5.86. The predicted octanol–water partition coefficient (Wildman–Crippen LogP) is 3.74. The maximum atomic E-state index is 5.86. The van der Waals surface area contributed by atoms with Crippen LogP contribution in [0.5, 0.6) is 0 Å². The first kappa shape index (κ1) is 10.4. The van der Waals surface area contributed by atoms with Crippen molar-refractivity contribution < 1.29 is 0 Å². The minimum absolute atomic E-state index is 0.763. The second kappa shape index (κ2) is 4.22. The first-order valence-corrected chi connectivity index (χ1v) is 5.86. The van der Waals surface area contributed by atoms with Crippen molar-refractivity contribution in [1.29, 1.82) is 0 Å². The third-order valence-corrected chi connectivity index (χ3v) is 2.97. The second-order valence-corrected chi connectivity index (χ2v) is 4.45. The van der Waals surface area contributed by atoms with E-state index in [1.54, 1.807) is 0 Å². The molecule has 0 amide bonds. The van der Waals surface area contributed by atoms with E-state index in [9.17, 15) is 0 Å². The molecule has 0 aliphatic heterocycles. The molecule has 0 bridgehead atoms. The van der Waals surface area contributed by atoms with E-state index in [1.807, 2.05) is 47.1 Å². The molecule has 0 unspecified atom stereocenters. The second-order valence-electron chi connectivity index (χ2n) is 4.01. The monoisotopic (exact) mass is 242 g/mol. The summed E-state index contributed by atoms with van der Waals surface area (Å²) in [6.07, 6.45) is 2.06. The SMILES string of the molecule is Clc1ccc(Cn2cc3ccccc3n2)cc1. The molecule has 84 valence electrons. The first-order valence-electron chi connectivity index (χ1n) is 5.48. The van der Waals surface area contributed by atoms with E-state index in [0.29, 0.717) is 0 Å². The smallest absolute Gasteiger partial charge is 0.0923 e. The lowest BCUT2D eigenvalue weighted by Crippen LogP contribution is -1.99. The van der Waals surface area contributed by atoms with Crippen LogP contribution in [-0.4, -0.2) is 9.78 Å². The van der Waals surface area contributed by atoms with E-state index in [1.165, 1.54) is 10.9 Å². The number of hydrogen-bond acceptors (Lipinski definition) is 1. The molecule has 2 aromatic carbocycles. The van der Waals surface area contributed by atoms with Crippen molar-refractivity contribution in [3.63, 3.8) is 0 Å². The van der Waals surface area contributed by atoms with Gasteiger partial charge in [0.25, 0.3) is 0 Å². The Balaban J connectivity index is 1.92. The standard InChI is InChI=1S/C14H11ClN2/c15-13-7-5-11(6-8-13)9-17-10-12-3-1-2-4-14(12)16-17/h1-8,10H,9H2. The zero-order valence-electron chi connectivity index (χ0n) is 9.18. The molecule has 1 heterocycles. The third-order valence-electron chi connectivity index (χ3n) is 2.72. The van der Waals surface area contributed by atoms with Crippen LogP contribution in [0.15, 0.2) is 54.7 Å². The highest BCUT2D eigenvalue weighted by atomic mass is 35.5. The maximum absolute atomic E-state index is 5.86. The van der Waals surface area contributed by atoms with Crippen LogP contribution < -0.4 is 0 Å². The van der Waals surface area contributed by atoms with Gasteiger partial charge < -0.3 is 0 Å². The molecule has 0 spiro atoms. The number of fused-ring (bicyclic) bond motifs is 1. The van der Waals surface area contributed by atoms with Crippen LogP contribution in [0.1, 0.15) is 5.56 Å². The Morgan fingerprint density at radius 2 is 1.76 bits per heavy atom. The highest BCUT2D eigenvalue weighted by molar-refractivity contribution is 6.30. The Hall–Kier alpha value is -1.80. The molecule has 0 N–H and O–H groups in total. The van der Waals surface area contributed by atoms with Crippen LogP contribution in [-0.2, 0) is 6.54 Å². The molecule has 0 aliphatic rings. The van der Waals surface area contributed by atoms with Gasteiger partial charge in [0.1, 0.15) is 0 Å². The number of benzene rings is 2. The summed E-state index contributed by atoms with van der Waals surface area (Å²) in [4.78, 5) is 0. The van der Waals surface area contributed by atoms with E-state index < -0.39 is 0 Å². The van der Waals surface area contributed by atoms with E-state index in [2.05, 4.69) is 17.4 Å². The van der Waals surface area contributed by atoms with Crippen molar-refractivity contribution in [3.05, 3.63) is 65.3 Å². The Morgan fingerprint density at radius 1 is 1.00 bits per heavy atom. The van der Waals surface area contributed by atoms with E-state index >= 15 is 0 Å². The Bertz CT molecular complexity index is 608. The Kier molecular flexibility index (Phi) is 2.57. The molecule has 0 aliphatic carbocycles. The van der Waals surface area contributed by atoms with Crippen molar-refractivity contribution in [3.8, 4) is 0 Å². The van der Waals surface area contributed by atoms with Gasteiger partial charge in [0.15, 0.2) is 0 Å². The summed E-state index contributed by atoms with van der Waals surface area (Å²) in [6.45, 7) is 0.770. The summed E-state index contributed by atoms with van der Waals surface area (Å²) in [5, 5.41) is 6.45. The zero-order chi connectivity index (χ0) is 11.7. The number of aromatic nitrogens is 2. The number of rotatable bonds is 2. The topological polar surface area (TPSA) is 17.8 Å². The summed E-state index contributed by atoms with van der Waals surface area (Å²) in [7, 11) is 0. The summed E-state index contributed by atoms with van der Waals surface area (Å²) in [6, 6.07) is 16.0. The molecule has 2 nitrogen and oxygen atoms in total. The van der Waals surface area contributed by atoms with Crippen molar-refractivity contribution in [2.24, 2.45) is 0 Å². The van der Waals surface area contributed by atoms with Gasteiger partial charge in [-0.3, -0.25) is 4.68 Å². The van der Waals surface area contributed by atoms with Crippen LogP contribution in [0.2, 0.25) is 5.02 Å². The zero-order valence-corrected chi connectivity index (χ0v) is 9.93. The normalized spacial score (nSPS) is 10.9. The summed E-state index contributed by atoms with van der Waals surface area (Å²) in [5.74, 6) is 0. The molecular weight excluding hydrogens is 232 g/mol. The lowest BCUT2D eigenvalue weighted by molar-refractivity contribution is 0.696. The highest BCUT2D eigenvalue weighted by Crippen LogP contribution is 2.14. The first-order chi connectivity index (χ1) is 8.31. The van der Waals surface area contributed by atoms with Crippen molar-refractivity contribution in [2.75, 3.05) is 0 Å². The van der Waals surface area contributed by atoms with Crippen molar-refractivity contribution in [2.45, 2.75) is 6.54 Å². The fourth-order valence-corrected chi connectivity index (χ4v) is 2.00. The lowest BCUT2D eigenvalue weighted by Gasteiger charge is -2.01. The molecule has 1 aromatic heterocycles. The molecule has 0 fully saturated rings. The van der Waals surface area contributed by atoms with Gasteiger partial charge in [0.05, 0.1) is 12.1 Å². The average molecular weight is 243 g/mol. The fraction of sp³-hybridized carbons (Fsp3) is 0.0714. The number of hydrogen-bond donors (Lipinski definition) is 0. The average Bonchev–Trinajstić information content (AvgIpc) is 2.74. The van der Waals surface area contributed by atoms with Gasteiger partial charge in [-0.05, 0) is 23.8 Å². The van der Waals surface area contributed by atoms with Crippen LogP contribution in [0, 0.1) is 0 Å². The molecule has 0 atom stereocenters. The Morgan fingerprint density at radius 3 is 2.53 bits per heavy atom. The minimum Gasteiger partial charge on any atom is -0.267 e. The molecular formula is C14H11ClN2. The van der Waals surface area contributed by atoms with E-state index in [4.69, 9.17) is 11.6 Å². The molecule has 0 radical (unpaired) electrons. The van der Waals surface area contributed by atoms with Crippen molar-refractivity contribution in [1.82, 2.24) is 9.78 Å². The molecule has 0 saturated heterocycles. The van der Waals surface area contributed by atoms with Gasteiger partial charge in [0.2, 0.25) is 0 Å². The number of halogens is 1. The van der Waals surface area contributed by atoms with E-state index in [-0.39, 0.29) is 0 Å². The fourth-order valence-electron chi connectivity index (χ4n) is 1.87. The third kappa shape index (κ3) is 2.17. The van der Waals surface area contributed by atoms with E-state index in [0.717, 1.165) is 17.1 Å². The maximum Gasteiger partial charge on any atom is 0.0923 e. The predicted molar refractivity (Wildman–Crippen MR) is 70.3 cm³/mol. The quantitative estimate of drug-likeness (QED) is 0.669. The van der Waals surface area contributed by atoms with Crippen LogP contribution >= 0.6 is 11.6 Å². The number of nitrogens with zero attached hydrogens (tertiary/aromatic N) is 2. The largest absolute Gasteiger partial charge is 0.267 e. The van der Waals surface area contributed by atoms with Gasteiger partial charge in [-0.25, -0.2) is 0 Å². The van der Waals surface area contributed by atoms with Gasteiger partial charge in [-0.1, -0.05) is 41.9 Å². The van der Waals surface area contributed by atoms with Gasteiger partial charge in [-0.2, -0.15) is 5.10 Å². The van der Waals surface area contributed by atoms with Crippen LogP contribution in [0.4, 0.5) is 0 Å². The summed E-state index contributed by atoms with van der Waals surface area (Å²) < 4.78 is 1.95. The van der Waals surface area contributed by atoms with Gasteiger partial charge in [-0.15, -0.1) is 0 Å². The lowest BCUT2D eigenvalue weighted by atomic mass is 10.2. The molecule has 17 heavy (non-hydrogen) atoms. The molecule has 0 saturated carbocycles. The van der Waals surface area contributed by atoms with Gasteiger partial charge >= 0.3 is 0 Å². The molecule has 3 aromatic rings. The highest BCUT2D eigenvalue weighted by Gasteiger charge is 2.00. The van der Waals surface area contributed by atoms with Crippen LogP contribution in [0.3, 0.4) is 0 Å². The minimum atomic E-state index is 0.763. The van der Waals surface area contributed by atoms with Crippen molar-refractivity contribution >= 4 is 22.5 Å². The Labute approximate surface area is 104 Å². The van der Waals surface area contributed by atoms with Crippen LogP contribution in [0.25, 0.3) is 10.9 Å². The summed E-state index contributed by atoms with van der Waals surface area (Å²) in [5.41, 5.74) is 2.23. The molecule has 3 rings (SSSR count). The van der Waals surface area contributed by atoms with Gasteiger partial charge in [0, 0.05) is 16.6 Å². The molecule has 3 heteroatoms.